The van der Waals surface area contributed by atoms with Crippen molar-refractivity contribution in [2.75, 3.05) is 0 Å². The number of fused-ring (bicyclic) bond motifs is 1. The van der Waals surface area contributed by atoms with Gasteiger partial charge >= 0.3 is 0 Å². The Bertz CT molecular complexity index is 1110. The molecule has 0 unspecified atom stereocenters. The van der Waals surface area contributed by atoms with Crippen LogP contribution in [0.15, 0.2) is 40.9 Å². The Hall–Kier alpha value is -2.88. The van der Waals surface area contributed by atoms with Gasteiger partial charge in [0.25, 0.3) is 0 Å². The van der Waals surface area contributed by atoms with E-state index in [1.165, 1.54) is 29.5 Å². The van der Waals surface area contributed by atoms with Crippen molar-refractivity contribution in [2.24, 2.45) is 0 Å². The number of aryl methyl sites for hydroxylation is 3. The van der Waals surface area contributed by atoms with Gasteiger partial charge in [-0.25, -0.2) is 4.98 Å². The maximum Gasteiger partial charge on any atom is 0.141 e. The first-order valence-electron chi connectivity index (χ1n) is 9.14. The summed E-state index contributed by atoms with van der Waals surface area (Å²) in [5.41, 5.74) is 8.89. The number of hydrogen-bond acceptors (Lipinski definition) is 3. The molecule has 1 aliphatic rings. The monoisotopic (exact) mass is 343 g/mol. The normalized spacial score (nSPS) is 14.3. The van der Waals surface area contributed by atoms with Crippen molar-refractivity contribution in [2.45, 2.75) is 39.5 Å². The van der Waals surface area contributed by atoms with Gasteiger partial charge in [-0.15, -0.1) is 0 Å². The number of aromatic nitrogens is 3. The molecule has 0 aliphatic heterocycles. The van der Waals surface area contributed by atoms with Crippen molar-refractivity contribution in [1.29, 1.82) is 0 Å². The zero-order valence-electron chi connectivity index (χ0n) is 15.3. The first-order chi connectivity index (χ1) is 12.6. The number of hydrogen-bond donors (Lipinski definition) is 1. The van der Waals surface area contributed by atoms with Crippen molar-refractivity contribution in [3.05, 3.63) is 59.2 Å². The summed E-state index contributed by atoms with van der Waals surface area (Å²) in [6.45, 7) is 6.11. The molecule has 0 spiro atoms. The molecule has 1 saturated carbocycles. The average molecular weight is 343 g/mol. The lowest BCUT2D eigenvalue weighted by Crippen LogP contribution is -1.89. The number of nitrogens with zero attached hydrogens (tertiary/aromatic N) is 2. The molecular formula is C22H21N3O. The molecule has 5 rings (SSSR count). The summed E-state index contributed by atoms with van der Waals surface area (Å²) < 4.78 is 5.41. The minimum absolute atomic E-state index is 0.592. The molecule has 0 amide bonds. The summed E-state index contributed by atoms with van der Waals surface area (Å²) in [4.78, 5) is 8.53. The molecule has 4 nitrogen and oxygen atoms in total. The maximum atomic E-state index is 5.41. The van der Waals surface area contributed by atoms with Crippen molar-refractivity contribution >= 4 is 11.0 Å². The lowest BCUT2D eigenvalue weighted by molar-refractivity contribution is 0.393. The van der Waals surface area contributed by atoms with E-state index in [0.717, 1.165) is 39.4 Å². The Balaban J connectivity index is 1.82. The highest BCUT2D eigenvalue weighted by atomic mass is 16.5. The van der Waals surface area contributed by atoms with E-state index in [4.69, 9.17) is 9.51 Å². The molecule has 0 saturated heterocycles. The Morgan fingerprint density at radius 1 is 1.04 bits per heavy atom. The molecular weight excluding hydrogens is 322 g/mol. The Labute approximate surface area is 152 Å². The summed E-state index contributed by atoms with van der Waals surface area (Å²) >= 11 is 0. The van der Waals surface area contributed by atoms with Crippen LogP contribution in [0.2, 0.25) is 0 Å². The van der Waals surface area contributed by atoms with Crippen LogP contribution in [0.1, 0.15) is 41.6 Å². The fourth-order valence-electron chi connectivity index (χ4n) is 3.81. The van der Waals surface area contributed by atoms with Crippen molar-refractivity contribution in [3.8, 4) is 22.3 Å². The lowest BCUT2D eigenvalue weighted by atomic mass is 9.94. The number of aromatic amines is 1. The Morgan fingerprint density at radius 2 is 1.85 bits per heavy atom. The molecule has 4 aromatic rings. The zero-order chi connectivity index (χ0) is 17.8. The third-order valence-electron chi connectivity index (χ3n) is 5.33. The minimum atomic E-state index is 0.592. The molecule has 26 heavy (non-hydrogen) atoms. The second kappa shape index (κ2) is 5.56. The van der Waals surface area contributed by atoms with Crippen molar-refractivity contribution in [1.82, 2.24) is 15.1 Å². The molecule has 2 aromatic carbocycles. The largest absolute Gasteiger partial charge is 0.361 e. The molecule has 0 bridgehead atoms. The summed E-state index contributed by atoms with van der Waals surface area (Å²) in [6.07, 6.45) is 2.46. The van der Waals surface area contributed by atoms with Gasteiger partial charge in [0, 0.05) is 17.0 Å². The van der Waals surface area contributed by atoms with Gasteiger partial charge in [0.2, 0.25) is 0 Å². The fourth-order valence-corrected chi connectivity index (χ4v) is 3.81. The van der Waals surface area contributed by atoms with E-state index in [0.29, 0.717) is 5.92 Å². The van der Waals surface area contributed by atoms with Crippen LogP contribution < -0.4 is 0 Å². The van der Waals surface area contributed by atoms with E-state index in [2.05, 4.69) is 53.5 Å². The molecule has 2 heterocycles. The first kappa shape index (κ1) is 15.4. The van der Waals surface area contributed by atoms with E-state index in [1.807, 2.05) is 13.8 Å². The van der Waals surface area contributed by atoms with Crippen LogP contribution in [0.5, 0.6) is 0 Å². The first-order valence-corrected chi connectivity index (χ1v) is 9.14. The summed E-state index contributed by atoms with van der Waals surface area (Å²) in [5, 5.41) is 4.14. The lowest BCUT2D eigenvalue weighted by Gasteiger charge is -2.10. The SMILES string of the molecule is Cc1ccccc1-c1cc(-c2c(C)noc2C)cc2[nH]c(C3CC3)nc12. The van der Waals surface area contributed by atoms with E-state index in [-0.39, 0.29) is 0 Å². The van der Waals surface area contributed by atoms with Crippen LogP contribution >= 0.6 is 0 Å². The van der Waals surface area contributed by atoms with Crippen LogP contribution in [-0.4, -0.2) is 15.1 Å². The number of benzene rings is 2. The van der Waals surface area contributed by atoms with Gasteiger partial charge in [-0.1, -0.05) is 29.4 Å². The third kappa shape index (κ3) is 2.37. The highest BCUT2D eigenvalue weighted by Crippen LogP contribution is 2.42. The molecule has 1 aliphatic carbocycles. The van der Waals surface area contributed by atoms with E-state index < -0.39 is 0 Å². The van der Waals surface area contributed by atoms with Gasteiger partial charge in [0.05, 0.1) is 16.7 Å². The van der Waals surface area contributed by atoms with Crippen LogP contribution in [0.3, 0.4) is 0 Å². The van der Waals surface area contributed by atoms with Gasteiger partial charge in [-0.05, 0) is 62.4 Å². The van der Waals surface area contributed by atoms with Gasteiger partial charge in [0.1, 0.15) is 11.6 Å². The summed E-state index contributed by atoms with van der Waals surface area (Å²) in [6, 6.07) is 12.9. The maximum absolute atomic E-state index is 5.41. The minimum Gasteiger partial charge on any atom is -0.361 e. The van der Waals surface area contributed by atoms with Crippen molar-refractivity contribution < 1.29 is 4.52 Å². The molecule has 1 fully saturated rings. The second-order valence-corrected chi connectivity index (χ2v) is 7.33. The van der Waals surface area contributed by atoms with Gasteiger partial charge < -0.3 is 9.51 Å². The zero-order valence-corrected chi connectivity index (χ0v) is 15.3. The Morgan fingerprint density at radius 3 is 2.54 bits per heavy atom. The highest BCUT2D eigenvalue weighted by Gasteiger charge is 2.28. The molecule has 0 atom stereocenters. The van der Waals surface area contributed by atoms with Crippen molar-refractivity contribution in [3.63, 3.8) is 0 Å². The molecule has 4 heteroatoms. The number of nitrogens with one attached hydrogen (secondary N) is 1. The molecule has 130 valence electrons. The average Bonchev–Trinajstić information content (AvgIpc) is 3.30. The number of imidazole rings is 1. The molecule has 1 N–H and O–H groups in total. The fraction of sp³-hybridized carbons (Fsp3) is 0.273. The number of H-pyrrole nitrogens is 1. The Kier molecular flexibility index (Phi) is 3.29. The third-order valence-corrected chi connectivity index (χ3v) is 5.33. The molecule has 2 aromatic heterocycles. The van der Waals surface area contributed by atoms with Crippen LogP contribution in [-0.2, 0) is 0 Å². The predicted octanol–water partition coefficient (Wildman–Crippen LogP) is 5.69. The quantitative estimate of drug-likeness (QED) is 0.520. The topological polar surface area (TPSA) is 54.7 Å². The second-order valence-electron chi connectivity index (χ2n) is 7.33. The predicted molar refractivity (Wildman–Crippen MR) is 103 cm³/mol. The van der Waals surface area contributed by atoms with Gasteiger partial charge in [-0.2, -0.15) is 0 Å². The molecule has 0 radical (unpaired) electrons. The van der Waals surface area contributed by atoms with E-state index >= 15 is 0 Å². The number of rotatable bonds is 3. The summed E-state index contributed by atoms with van der Waals surface area (Å²) in [5.74, 6) is 2.56. The van der Waals surface area contributed by atoms with E-state index in [9.17, 15) is 0 Å². The summed E-state index contributed by atoms with van der Waals surface area (Å²) in [7, 11) is 0. The van der Waals surface area contributed by atoms with E-state index in [1.54, 1.807) is 0 Å². The van der Waals surface area contributed by atoms with Crippen LogP contribution in [0.25, 0.3) is 33.3 Å². The van der Waals surface area contributed by atoms with Crippen LogP contribution in [0.4, 0.5) is 0 Å². The van der Waals surface area contributed by atoms with Gasteiger partial charge in [0.15, 0.2) is 0 Å². The standard InChI is InChI=1S/C22H21N3O/c1-12-6-4-5-7-17(12)18-10-16(20-13(2)25-26-14(20)3)11-19-21(18)24-22(23-19)15-8-9-15/h4-7,10-11,15H,8-9H2,1-3H3,(H,23,24). The highest BCUT2D eigenvalue weighted by molar-refractivity contribution is 5.97. The smallest absolute Gasteiger partial charge is 0.141 e. The van der Waals surface area contributed by atoms with Crippen LogP contribution in [0, 0.1) is 20.8 Å². The van der Waals surface area contributed by atoms with Gasteiger partial charge in [-0.3, -0.25) is 0 Å².